The highest BCUT2D eigenvalue weighted by atomic mass is 19.4. The quantitative estimate of drug-likeness (QED) is 0.100. The molecule has 0 spiro atoms. The molecule has 6 rings (SSSR count). The summed E-state index contributed by atoms with van der Waals surface area (Å²) >= 11 is 0. The lowest BCUT2D eigenvalue weighted by atomic mass is 9.12. The molecule has 1 heterocycles. The van der Waals surface area contributed by atoms with E-state index < -0.39 is 195 Å². The van der Waals surface area contributed by atoms with Crippen molar-refractivity contribution in [2.75, 3.05) is 0 Å². The van der Waals surface area contributed by atoms with Crippen LogP contribution in [0.5, 0.6) is 5.75 Å². The highest BCUT2D eigenvalue weighted by molar-refractivity contribution is 7.20. The third-order valence-corrected chi connectivity index (χ3v) is 10.6. The number of benzene rings is 5. The first-order chi connectivity index (χ1) is 32.1. The molecule has 1 aromatic heterocycles. The summed E-state index contributed by atoms with van der Waals surface area (Å²) in [4.78, 5) is 0. The van der Waals surface area contributed by atoms with E-state index in [0.29, 0.717) is 12.3 Å². The van der Waals surface area contributed by atoms with Crippen molar-refractivity contribution in [2.24, 2.45) is 0 Å². The molecular weight excluding hydrogens is 1030 g/mol. The van der Waals surface area contributed by atoms with Crippen molar-refractivity contribution in [3.8, 4) is 5.75 Å². The molecule has 0 saturated carbocycles. The zero-order valence-electron chi connectivity index (χ0n) is 34.4. The fourth-order valence-corrected chi connectivity index (χ4v) is 7.45. The smallest absolute Gasteiger partial charge is 0.416 e. The Labute approximate surface area is 382 Å². The Balaban J connectivity index is 0.000000569. The summed E-state index contributed by atoms with van der Waals surface area (Å²) in [5.74, 6) is 0.351. The molecule has 0 amide bonds. The third-order valence-electron chi connectivity index (χ3n) is 10.6. The summed E-state index contributed by atoms with van der Waals surface area (Å²) in [5, 5.41) is 9.56. The summed E-state index contributed by atoms with van der Waals surface area (Å²) in [6.07, 6.45) is -50.8. The second-order valence-corrected chi connectivity index (χ2v) is 15.4. The number of hydrogen-bond acceptors (Lipinski definition) is 1. The average molecular weight is 1050 g/mol. The van der Waals surface area contributed by atoms with Crippen molar-refractivity contribution in [1.29, 1.82) is 0 Å². The van der Waals surface area contributed by atoms with Crippen molar-refractivity contribution in [3.63, 3.8) is 0 Å². The number of nitrogens with zero attached hydrogens (tertiary/aromatic N) is 1. The molecule has 0 atom stereocenters. The Morgan fingerprint density at radius 2 is 0.535 bits per heavy atom. The molecule has 6 aromatic rings. The first-order valence-corrected chi connectivity index (χ1v) is 19.2. The van der Waals surface area contributed by atoms with Crippen LogP contribution in [0.15, 0.2) is 128 Å². The maximum absolute atomic E-state index is 14.2. The van der Waals surface area contributed by atoms with E-state index in [1.54, 1.807) is 6.07 Å². The summed E-state index contributed by atoms with van der Waals surface area (Å²) in [5.41, 5.74) is -29.3. The van der Waals surface area contributed by atoms with Crippen molar-refractivity contribution in [1.82, 2.24) is 0 Å². The molecule has 0 saturated heterocycles. The number of pyridine rings is 1. The number of aromatic hydroxyl groups is 1. The number of halogens is 24. The standard InChI is InChI=1S/C32H12BF24.C12H11NO/c34-25(35,36)13-1-14(26(37,38)39)6-21(5-13)33(22-7-15(27(40,41)42)2-16(8-22)28(43,44)45,23-9-17(29(46,47)48)3-18(10-23)30(49,50)51)24-11-19(31(52,53)54)4-20(12-24)32(55,56)57;14-12-7-3-2-6-11(12)10-13-8-4-1-5-9-13/h1-12H;1-9H,10H2/q-1;/p+1. The van der Waals surface area contributed by atoms with Crippen LogP contribution in [0, 0.1) is 0 Å². The molecule has 27 heteroatoms. The van der Waals surface area contributed by atoms with Gasteiger partial charge in [0.1, 0.15) is 11.9 Å². The summed E-state index contributed by atoms with van der Waals surface area (Å²) in [7, 11) is 0. The van der Waals surface area contributed by atoms with E-state index in [1.165, 1.54) is 0 Å². The first kappa shape index (κ1) is 55.4. The largest absolute Gasteiger partial charge is 0.507 e. The van der Waals surface area contributed by atoms with Crippen LogP contribution in [0.25, 0.3) is 0 Å². The zero-order chi connectivity index (χ0) is 53.7. The number of rotatable bonds is 6. The van der Waals surface area contributed by atoms with Crippen molar-refractivity contribution < 1.29 is 115 Å². The monoisotopic (exact) mass is 1050 g/mol. The molecule has 71 heavy (non-hydrogen) atoms. The van der Waals surface area contributed by atoms with Gasteiger partial charge in [-0.1, -0.05) is 66.7 Å². The van der Waals surface area contributed by atoms with E-state index in [9.17, 15) is 110 Å². The SMILES string of the molecule is FC(F)(F)c1cc([B-](c2cc(C(F)(F)F)cc(C(F)(F)F)c2)(c2cc(C(F)(F)F)cc(C(F)(F)F)c2)c2cc(C(F)(F)F)cc(C(F)(F)F)c2)cc(C(F)(F)F)c1.Oc1ccccc1C[n+]1ccccc1. The Hall–Kier alpha value is -6.57. The van der Waals surface area contributed by atoms with Crippen LogP contribution in [-0.2, 0) is 56.0 Å². The molecule has 0 unspecified atom stereocenters. The number of phenolic OH excluding ortho intramolecular Hbond substituents is 1. The average Bonchev–Trinajstić information content (AvgIpc) is 3.22. The molecule has 5 aromatic carbocycles. The summed E-state index contributed by atoms with van der Waals surface area (Å²) in [6, 6.07) is 4.50. The molecule has 0 aliphatic rings. The third kappa shape index (κ3) is 12.9. The predicted octanol–water partition coefficient (Wildman–Crippen LogP) is 12.9. The lowest BCUT2D eigenvalue weighted by Crippen LogP contribution is -2.75. The van der Waals surface area contributed by atoms with Crippen molar-refractivity contribution >= 4 is 28.0 Å². The van der Waals surface area contributed by atoms with Crippen LogP contribution in [0.1, 0.15) is 50.1 Å². The fraction of sp³-hybridized carbons (Fsp3) is 0.205. The molecule has 0 fully saturated rings. The van der Waals surface area contributed by atoms with Gasteiger partial charge in [-0.15, -0.1) is 0 Å². The minimum atomic E-state index is -6.13. The van der Waals surface area contributed by atoms with Gasteiger partial charge >= 0.3 is 49.4 Å². The van der Waals surface area contributed by atoms with Gasteiger partial charge in [0.25, 0.3) is 0 Å². The van der Waals surface area contributed by atoms with Gasteiger partial charge < -0.3 is 5.11 Å². The summed E-state index contributed by atoms with van der Waals surface area (Å²) < 4.78 is 343. The fourth-order valence-electron chi connectivity index (χ4n) is 7.45. The Morgan fingerprint density at radius 3 is 0.746 bits per heavy atom. The normalized spacial score (nSPS) is 13.5. The van der Waals surface area contributed by atoms with E-state index in [2.05, 4.69) is 0 Å². The highest BCUT2D eigenvalue weighted by Crippen LogP contribution is 2.41. The van der Waals surface area contributed by atoms with Crippen LogP contribution in [0.3, 0.4) is 0 Å². The number of aromatic nitrogens is 1. The molecule has 0 bridgehead atoms. The van der Waals surface area contributed by atoms with E-state index in [1.807, 2.05) is 53.4 Å². The number of hydrogen-bond donors (Lipinski definition) is 1. The number of para-hydroxylation sites is 1. The van der Waals surface area contributed by atoms with Crippen LogP contribution in [0.4, 0.5) is 105 Å². The van der Waals surface area contributed by atoms with Gasteiger partial charge in [-0.25, -0.2) is 4.57 Å². The van der Waals surface area contributed by atoms with E-state index in [-0.39, 0.29) is 0 Å². The number of phenols is 1. The Kier molecular flexibility index (Phi) is 14.7. The highest BCUT2D eigenvalue weighted by Gasteiger charge is 2.47. The van der Waals surface area contributed by atoms with Gasteiger partial charge in [-0.05, 0) is 36.4 Å². The van der Waals surface area contributed by atoms with Gasteiger partial charge in [-0.2, -0.15) is 127 Å². The zero-order valence-corrected chi connectivity index (χ0v) is 34.4. The molecule has 1 N–H and O–H groups in total. The van der Waals surface area contributed by atoms with Gasteiger partial charge in [0.15, 0.2) is 18.9 Å². The maximum atomic E-state index is 14.2. The van der Waals surface area contributed by atoms with Gasteiger partial charge in [-0.3, -0.25) is 0 Å². The second kappa shape index (κ2) is 18.9. The molecule has 0 aliphatic carbocycles. The van der Waals surface area contributed by atoms with Gasteiger partial charge in [0, 0.05) is 12.1 Å². The topological polar surface area (TPSA) is 24.1 Å². The summed E-state index contributed by atoms with van der Waals surface area (Å²) in [6.45, 7) is 0.702. The van der Waals surface area contributed by atoms with Crippen LogP contribution in [0.2, 0.25) is 0 Å². The van der Waals surface area contributed by atoms with Crippen molar-refractivity contribution in [3.05, 3.63) is 178 Å². The van der Waals surface area contributed by atoms with Crippen LogP contribution >= 0.6 is 0 Å². The number of alkyl halides is 24. The Bertz CT molecular complexity index is 2410. The molecular formula is C44H24BF24NO. The second-order valence-electron chi connectivity index (χ2n) is 15.4. The van der Waals surface area contributed by atoms with Crippen molar-refractivity contribution in [2.45, 2.75) is 56.0 Å². The van der Waals surface area contributed by atoms with E-state index in [4.69, 9.17) is 0 Å². The maximum Gasteiger partial charge on any atom is 0.416 e. The van der Waals surface area contributed by atoms with Crippen LogP contribution < -0.4 is 26.4 Å². The van der Waals surface area contributed by atoms with Gasteiger partial charge in [0.2, 0.25) is 0 Å². The van der Waals surface area contributed by atoms with E-state index in [0.717, 1.165) is 5.56 Å². The molecule has 382 valence electrons. The molecule has 0 radical (unpaired) electrons. The first-order valence-electron chi connectivity index (χ1n) is 19.2. The minimum absolute atomic E-state index is 0.351. The lowest BCUT2D eigenvalue weighted by Gasteiger charge is -2.46. The Morgan fingerprint density at radius 1 is 0.310 bits per heavy atom. The van der Waals surface area contributed by atoms with Crippen LogP contribution in [-0.4, -0.2) is 11.3 Å². The minimum Gasteiger partial charge on any atom is -0.507 e. The molecule has 0 aliphatic heterocycles. The van der Waals surface area contributed by atoms with Gasteiger partial charge in [0.05, 0.1) is 50.1 Å². The van der Waals surface area contributed by atoms with E-state index >= 15 is 0 Å². The lowest BCUT2D eigenvalue weighted by molar-refractivity contribution is -0.688. The predicted molar refractivity (Wildman–Crippen MR) is 204 cm³/mol. The molecule has 2 nitrogen and oxygen atoms in total.